The number of hydrogen-bond acceptors (Lipinski definition) is 3. The Balaban J connectivity index is 2.72. The Kier molecular flexibility index (Phi) is 6.65. The van der Waals surface area contributed by atoms with Crippen molar-refractivity contribution in [1.29, 1.82) is 0 Å². The molecule has 0 aliphatic carbocycles. The van der Waals surface area contributed by atoms with Crippen LogP contribution < -0.4 is 5.32 Å². The molecule has 122 valence electrons. The summed E-state index contributed by atoms with van der Waals surface area (Å²) in [5, 5.41) is 12.9. The Hall–Kier alpha value is -1.10. The minimum absolute atomic E-state index is 0.00232. The van der Waals surface area contributed by atoms with E-state index in [1.807, 2.05) is 27.7 Å². The van der Waals surface area contributed by atoms with Crippen molar-refractivity contribution >= 4 is 11.8 Å². The van der Waals surface area contributed by atoms with Gasteiger partial charge in [-0.1, -0.05) is 27.7 Å². The molecule has 21 heavy (non-hydrogen) atoms. The van der Waals surface area contributed by atoms with Crippen LogP contribution in [0, 0.1) is 17.8 Å². The minimum atomic E-state index is -0.474. The molecule has 5 heteroatoms. The van der Waals surface area contributed by atoms with Crippen LogP contribution in [-0.4, -0.2) is 47.1 Å². The van der Waals surface area contributed by atoms with Crippen LogP contribution in [0.5, 0.6) is 0 Å². The minimum Gasteiger partial charge on any atom is -0.393 e. The van der Waals surface area contributed by atoms with Crippen LogP contribution in [0.4, 0.5) is 0 Å². The van der Waals surface area contributed by atoms with Gasteiger partial charge in [0, 0.05) is 37.4 Å². The zero-order valence-corrected chi connectivity index (χ0v) is 13.9. The Labute approximate surface area is 128 Å². The van der Waals surface area contributed by atoms with Crippen molar-refractivity contribution in [3.63, 3.8) is 0 Å². The molecule has 2 amide bonds. The lowest BCUT2D eigenvalue weighted by Gasteiger charge is -2.39. The van der Waals surface area contributed by atoms with Crippen LogP contribution in [0.2, 0.25) is 0 Å². The van der Waals surface area contributed by atoms with E-state index in [4.69, 9.17) is 0 Å². The lowest BCUT2D eigenvalue weighted by atomic mass is 9.89. The first kappa shape index (κ1) is 18.0. The fourth-order valence-corrected chi connectivity index (χ4v) is 2.64. The van der Waals surface area contributed by atoms with E-state index in [0.29, 0.717) is 25.4 Å². The lowest BCUT2D eigenvalue weighted by Crippen LogP contribution is -2.55. The average Bonchev–Trinajstić information content (AvgIpc) is 2.37. The number of nitrogens with one attached hydrogen (secondary N) is 1. The molecule has 0 spiro atoms. The largest absolute Gasteiger partial charge is 0.393 e. The first-order chi connectivity index (χ1) is 9.70. The van der Waals surface area contributed by atoms with Crippen molar-refractivity contribution in [2.45, 2.75) is 59.6 Å². The molecule has 1 rings (SSSR count). The number of likely N-dealkylation sites (tertiary alicyclic amines) is 1. The van der Waals surface area contributed by atoms with Crippen molar-refractivity contribution in [3.8, 4) is 0 Å². The van der Waals surface area contributed by atoms with Gasteiger partial charge < -0.3 is 15.3 Å². The SMILES string of the molecule is CC(C)CC(=O)N1CC(NC(=O)C(C)C)CC(C(C)O)C1. The summed E-state index contributed by atoms with van der Waals surface area (Å²) >= 11 is 0. The van der Waals surface area contributed by atoms with E-state index in [1.54, 1.807) is 11.8 Å². The van der Waals surface area contributed by atoms with Gasteiger partial charge >= 0.3 is 0 Å². The third-order valence-corrected chi connectivity index (χ3v) is 3.97. The van der Waals surface area contributed by atoms with Gasteiger partial charge in [0.2, 0.25) is 11.8 Å². The fourth-order valence-electron chi connectivity index (χ4n) is 2.64. The molecule has 2 N–H and O–H groups in total. The van der Waals surface area contributed by atoms with Gasteiger partial charge in [-0.25, -0.2) is 0 Å². The summed E-state index contributed by atoms with van der Waals surface area (Å²) in [6, 6.07) is -0.0654. The maximum Gasteiger partial charge on any atom is 0.222 e. The first-order valence-electron chi connectivity index (χ1n) is 7.96. The van der Waals surface area contributed by atoms with Crippen molar-refractivity contribution in [3.05, 3.63) is 0 Å². The number of aliphatic hydroxyl groups excluding tert-OH is 1. The quantitative estimate of drug-likeness (QED) is 0.806. The molecule has 0 aromatic rings. The van der Waals surface area contributed by atoms with Gasteiger partial charge in [-0.15, -0.1) is 0 Å². The highest BCUT2D eigenvalue weighted by molar-refractivity contribution is 5.79. The molecule has 1 aliphatic heterocycles. The number of rotatable bonds is 5. The predicted molar refractivity (Wildman–Crippen MR) is 82.6 cm³/mol. The topological polar surface area (TPSA) is 69.6 Å². The van der Waals surface area contributed by atoms with Crippen LogP contribution in [0.3, 0.4) is 0 Å². The monoisotopic (exact) mass is 298 g/mol. The fraction of sp³-hybridized carbons (Fsp3) is 0.875. The van der Waals surface area contributed by atoms with Crippen LogP contribution in [-0.2, 0) is 9.59 Å². The maximum absolute atomic E-state index is 12.3. The zero-order valence-electron chi connectivity index (χ0n) is 13.9. The van der Waals surface area contributed by atoms with Gasteiger partial charge in [0.05, 0.1) is 6.10 Å². The maximum atomic E-state index is 12.3. The predicted octanol–water partition coefficient (Wildman–Crippen LogP) is 1.40. The molecule has 0 aromatic heterocycles. The van der Waals surface area contributed by atoms with E-state index >= 15 is 0 Å². The summed E-state index contributed by atoms with van der Waals surface area (Å²) in [4.78, 5) is 25.9. The number of hydrogen-bond donors (Lipinski definition) is 2. The molecule has 0 saturated carbocycles. The van der Waals surface area contributed by atoms with E-state index in [1.165, 1.54) is 0 Å². The van der Waals surface area contributed by atoms with Gasteiger partial charge in [-0.2, -0.15) is 0 Å². The first-order valence-corrected chi connectivity index (χ1v) is 7.96. The summed E-state index contributed by atoms with van der Waals surface area (Å²) in [6.45, 7) is 10.6. The van der Waals surface area contributed by atoms with Crippen LogP contribution >= 0.6 is 0 Å². The summed E-state index contributed by atoms with van der Waals surface area (Å²) in [5.74, 6) is 0.374. The molecule has 1 aliphatic rings. The Morgan fingerprint density at radius 2 is 1.81 bits per heavy atom. The number of nitrogens with zero attached hydrogens (tertiary/aromatic N) is 1. The van der Waals surface area contributed by atoms with E-state index in [2.05, 4.69) is 5.32 Å². The Morgan fingerprint density at radius 1 is 1.19 bits per heavy atom. The van der Waals surface area contributed by atoms with E-state index < -0.39 is 6.10 Å². The molecule has 1 saturated heterocycles. The lowest BCUT2D eigenvalue weighted by molar-refractivity contribution is -0.136. The second kappa shape index (κ2) is 7.78. The van der Waals surface area contributed by atoms with Crippen LogP contribution in [0.1, 0.15) is 47.5 Å². The standard InChI is InChI=1S/C16H30N2O3/c1-10(2)6-15(20)18-8-13(12(5)19)7-14(9-18)17-16(21)11(3)4/h10-14,19H,6-9H2,1-5H3,(H,17,21). The number of amides is 2. The summed E-state index contributed by atoms with van der Waals surface area (Å²) < 4.78 is 0. The van der Waals surface area contributed by atoms with Crippen LogP contribution in [0.15, 0.2) is 0 Å². The van der Waals surface area contributed by atoms with E-state index in [9.17, 15) is 14.7 Å². The summed E-state index contributed by atoms with van der Waals surface area (Å²) in [6.07, 6.45) is 0.761. The van der Waals surface area contributed by atoms with Crippen molar-refractivity contribution in [1.82, 2.24) is 10.2 Å². The molecule has 1 heterocycles. The third-order valence-electron chi connectivity index (χ3n) is 3.97. The van der Waals surface area contributed by atoms with Gasteiger partial charge in [0.25, 0.3) is 0 Å². The van der Waals surface area contributed by atoms with Crippen molar-refractivity contribution in [2.75, 3.05) is 13.1 Å². The molecule has 0 radical (unpaired) electrons. The zero-order chi connectivity index (χ0) is 16.2. The number of carbonyl (C=O) groups is 2. The molecule has 0 aromatic carbocycles. The normalized spacial score (nSPS) is 24.3. The van der Waals surface area contributed by atoms with Crippen LogP contribution in [0.25, 0.3) is 0 Å². The highest BCUT2D eigenvalue weighted by Gasteiger charge is 2.33. The number of carbonyl (C=O) groups excluding carboxylic acids is 2. The Bertz CT molecular complexity index is 367. The summed E-state index contributed by atoms with van der Waals surface area (Å²) in [7, 11) is 0. The highest BCUT2D eigenvalue weighted by Crippen LogP contribution is 2.22. The van der Waals surface area contributed by atoms with Gasteiger partial charge in [-0.3, -0.25) is 9.59 Å². The smallest absolute Gasteiger partial charge is 0.222 e. The summed E-state index contributed by atoms with van der Waals surface area (Å²) in [5.41, 5.74) is 0. The van der Waals surface area contributed by atoms with E-state index in [-0.39, 0.29) is 29.7 Å². The molecule has 3 atom stereocenters. The van der Waals surface area contributed by atoms with E-state index in [0.717, 1.165) is 6.42 Å². The molecule has 0 bridgehead atoms. The highest BCUT2D eigenvalue weighted by atomic mass is 16.3. The van der Waals surface area contributed by atoms with Gasteiger partial charge in [-0.05, 0) is 19.3 Å². The van der Waals surface area contributed by atoms with Crippen molar-refractivity contribution in [2.24, 2.45) is 17.8 Å². The number of piperidine rings is 1. The second-order valence-corrected chi connectivity index (χ2v) is 6.99. The number of aliphatic hydroxyl groups is 1. The average molecular weight is 298 g/mol. The van der Waals surface area contributed by atoms with Gasteiger partial charge in [0.15, 0.2) is 0 Å². The molecular formula is C16H30N2O3. The second-order valence-electron chi connectivity index (χ2n) is 6.99. The van der Waals surface area contributed by atoms with Crippen molar-refractivity contribution < 1.29 is 14.7 Å². The molecule has 3 unspecified atom stereocenters. The molecule has 5 nitrogen and oxygen atoms in total. The molecular weight excluding hydrogens is 268 g/mol. The Morgan fingerprint density at radius 3 is 2.29 bits per heavy atom. The molecule has 1 fully saturated rings. The third kappa shape index (κ3) is 5.65. The van der Waals surface area contributed by atoms with Gasteiger partial charge in [0.1, 0.15) is 0 Å².